The SMILES string of the molecule is O=C(O)C[C@@H](NC(=O)c1ccc2cccc(F)c2n1)c1ccco1. The van der Waals surface area contributed by atoms with Crippen LogP contribution in [0.5, 0.6) is 0 Å². The number of hydrogen-bond donors (Lipinski definition) is 2. The van der Waals surface area contributed by atoms with E-state index in [0.29, 0.717) is 11.1 Å². The van der Waals surface area contributed by atoms with Crippen LogP contribution < -0.4 is 5.32 Å². The van der Waals surface area contributed by atoms with Gasteiger partial charge in [-0.25, -0.2) is 9.37 Å². The highest BCUT2D eigenvalue weighted by Gasteiger charge is 2.22. The Labute approximate surface area is 135 Å². The molecule has 0 unspecified atom stereocenters. The maximum absolute atomic E-state index is 13.8. The molecule has 24 heavy (non-hydrogen) atoms. The molecule has 0 aliphatic rings. The third-order valence-corrected chi connectivity index (χ3v) is 3.47. The Kier molecular flexibility index (Phi) is 4.24. The average molecular weight is 328 g/mol. The van der Waals surface area contributed by atoms with E-state index >= 15 is 0 Å². The molecule has 0 fully saturated rings. The molecular formula is C17H13FN2O4. The van der Waals surface area contributed by atoms with Gasteiger partial charge in [-0.05, 0) is 24.3 Å². The van der Waals surface area contributed by atoms with E-state index in [1.807, 2.05) is 0 Å². The van der Waals surface area contributed by atoms with Gasteiger partial charge in [-0.2, -0.15) is 0 Å². The first-order chi connectivity index (χ1) is 11.5. The van der Waals surface area contributed by atoms with Crippen LogP contribution in [0, 0.1) is 5.82 Å². The highest BCUT2D eigenvalue weighted by atomic mass is 19.1. The summed E-state index contributed by atoms with van der Waals surface area (Å²) >= 11 is 0. The smallest absolute Gasteiger partial charge is 0.305 e. The van der Waals surface area contributed by atoms with E-state index in [-0.39, 0.29) is 17.6 Å². The van der Waals surface area contributed by atoms with Crippen molar-refractivity contribution < 1.29 is 23.5 Å². The van der Waals surface area contributed by atoms with Crippen molar-refractivity contribution in [2.75, 3.05) is 0 Å². The molecule has 0 aliphatic carbocycles. The number of carboxylic acid groups (broad SMARTS) is 1. The minimum Gasteiger partial charge on any atom is -0.481 e. The van der Waals surface area contributed by atoms with Crippen LogP contribution in [-0.4, -0.2) is 22.0 Å². The number of carbonyl (C=O) groups excluding carboxylic acids is 1. The van der Waals surface area contributed by atoms with Gasteiger partial charge in [0.05, 0.1) is 18.7 Å². The normalized spacial score (nSPS) is 12.0. The predicted molar refractivity (Wildman–Crippen MR) is 82.9 cm³/mol. The van der Waals surface area contributed by atoms with Crippen molar-refractivity contribution in [2.45, 2.75) is 12.5 Å². The summed E-state index contributed by atoms with van der Waals surface area (Å²) in [5.41, 5.74) is 0.0764. The van der Waals surface area contributed by atoms with Gasteiger partial charge in [0.2, 0.25) is 0 Å². The van der Waals surface area contributed by atoms with Crippen LogP contribution in [-0.2, 0) is 4.79 Å². The summed E-state index contributed by atoms with van der Waals surface area (Å²) in [4.78, 5) is 27.4. The number of aromatic nitrogens is 1. The number of halogens is 1. The molecule has 1 aromatic carbocycles. The minimum absolute atomic E-state index is 0.00505. The number of benzene rings is 1. The molecule has 7 heteroatoms. The molecule has 0 saturated heterocycles. The number of hydrogen-bond acceptors (Lipinski definition) is 4. The lowest BCUT2D eigenvalue weighted by atomic mass is 10.1. The number of para-hydroxylation sites is 1. The van der Waals surface area contributed by atoms with Crippen molar-refractivity contribution in [2.24, 2.45) is 0 Å². The number of carboxylic acids is 1. The van der Waals surface area contributed by atoms with Crippen LogP contribution in [0.15, 0.2) is 53.1 Å². The van der Waals surface area contributed by atoms with Gasteiger partial charge >= 0.3 is 5.97 Å². The van der Waals surface area contributed by atoms with Crippen LogP contribution in [0.3, 0.4) is 0 Å². The Morgan fingerprint density at radius 2 is 2.04 bits per heavy atom. The lowest BCUT2D eigenvalue weighted by molar-refractivity contribution is -0.137. The molecule has 1 atom stereocenters. The lowest BCUT2D eigenvalue weighted by Crippen LogP contribution is -2.30. The van der Waals surface area contributed by atoms with Crippen LogP contribution >= 0.6 is 0 Å². The predicted octanol–water partition coefficient (Wildman–Crippen LogP) is 2.91. The number of rotatable bonds is 5. The van der Waals surface area contributed by atoms with Gasteiger partial charge in [0.15, 0.2) is 0 Å². The molecule has 0 bridgehead atoms. The van der Waals surface area contributed by atoms with Gasteiger partial charge in [-0.15, -0.1) is 0 Å². The maximum Gasteiger partial charge on any atom is 0.305 e. The van der Waals surface area contributed by atoms with E-state index in [0.717, 1.165) is 0 Å². The van der Waals surface area contributed by atoms with Crippen LogP contribution in [0.4, 0.5) is 4.39 Å². The lowest BCUT2D eigenvalue weighted by Gasteiger charge is -2.14. The van der Waals surface area contributed by atoms with Gasteiger partial charge in [-0.1, -0.05) is 18.2 Å². The number of pyridine rings is 1. The molecule has 1 amide bonds. The third-order valence-electron chi connectivity index (χ3n) is 3.47. The fourth-order valence-corrected chi connectivity index (χ4v) is 2.36. The van der Waals surface area contributed by atoms with Crippen molar-refractivity contribution >= 4 is 22.8 Å². The van der Waals surface area contributed by atoms with Gasteiger partial charge < -0.3 is 14.8 Å². The molecule has 2 aromatic heterocycles. The first-order valence-electron chi connectivity index (χ1n) is 7.16. The molecule has 3 aromatic rings. The summed E-state index contributed by atoms with van der Waals surface area (Å²) in [5, 5.41) is 12.1. The zero-order valence-corrected chi connectivity index (χ0v) is 12.4. The van der Waals surface area contributed by atoms with Crippen molar-refractivity contribution in [3.05, 3.63) is 66.0 Å². The van der Waals surface area contributed by atoms with Crippen LogP contribution in [0.25, 0.3) is 10.9 Å². The third kappa shape index (κ3) is 3.24. The molecule has 3 rings (SSSR count). The molecule has 0 spiro atoms. The van der Waals surface area contributed by atoms with Crippen molar-refractivity contribution in [1.82, 2.24) is 10.3 Å². The zero-order valence-electron chi connectivity index (χ0n) is 12.4. The molecule has 2 N–H and O–H groups in total. The number of fused-ring (bicyclic) bond motifs is 1. The number of nitrogens with one attached hydrogen (secondary N) is 1. The second-order valence-electron chi connectivity index (χ2n) is 5.15. The topological polar surface area (TPSA) is 92.4 Å². The fourth-order valence-electron chi connectivity index (χ4n) is 2.36. The zero-order chi connectivity index (χ0) is 17.1. The van der Waals surface area contributed by atoms with Crippen molar-refractivity contribution in [3.63, 3.8) is 0 Å². The largest absolute Gasteiger partial charge is 0.481 e. The Hall–Kier alpha value is -3.22. The van der Waals surface area contributed by atoms with Crippen molar-refractivity contribution in [1.29, 1.82) is 0 Å². The van der Waals surface area contributed by atoms with Crippen LogP contribution in [0.2, 0.25) is 0 Å². The Morgan fingerprint density at radius 3 is 2.75 bits per heavy atom. The van der Waals surface area contributed by atoms with Crippen LogP contribution in [0.1, 0.15) is 28.7 Å². The summed E-state index contributed by atoms with van der Waals surface area (Å²) in [6, 6.07) is 9.86. The van der Waals surface area contributed by atoms with Gasteiger partial charge in [0, 0.05) is 5.39 Å². The number of furan rings is 1. The molecule has 0 aliphatic heterocycles. The summed E-state index contributed by atoms with van der Waals surface area (Å²) in [6.45, 7) is 0. The first kappa shape index (κ1) is 15.7. The second-order valence-corrected chi connectivity index (χ2v) is 5.15. The van der Waals surface area contributed by atoms with E-state index in [1.54, 1.807) is 30.3 Å². The summed E-state index contributed by atoms with van der Waals surface area (Å²) in [6.07, 6.45) is 1.04. The first-order valence-corrected chi connectivity index (χ1v) is 7.16. The molecule has 6 nitrogen and oxygen atoms in total. The number of nitrogens with zero attached hydrogens (tertiary/aromatic N) is 1. The van der Waals surface area contributed by atoms with E-state index in [1.165, 1.54) is 18.4 Å². The molecule has 0 radical (unpaired) electrons. The van der Waals surface area contributed by atoms with E-state index < -0.39 is 23.7 Å². The summed E-state index contributed by atoms with van der Waals surface area (Å²) < 4.78 is 19.0. The van der Waals surface area contributed by atoms with E-state index in [9.17, 15) is 14.0 Å². The minimum atomic E-state index is -1.09. The number of aliphatic carboxylic acids is 1. The fraction of sp³-hybridized carbons (Fsp3) is 0.118. The number of amides is 1. The molecule has 122 valence electrons. The quantitative estimate of drug-likeness (QED) is 0.751. The second kappa shape index (κ2) is 6.49. The monoisotopic (exact) mass is 328 g/mol. The van der Waals surface area contributed by atoms with Crippen molar-refractivity contribution in [3.8, 4) is 0 Å². The van der Waals surface area contributed by atoms with E-state index in [4.69, 9.17) is 9.52 Å². The Bertz CT molecular complexity index is 893. The summed E-state index contributed by atoms with van der Waals surface area (Å²) in [5.74, 6) is -1.91. The maximum atomic E-state index is 13.8. The highest BCUT2D eigenvalue weighted by molar-refractivity contribution is 5.95. The van der Waals surface area contributed by atoms with E-state index in [2.05, 4.69) is 10.3 Å². The standard InChI is InChI=1S/C17H13FN2O4/c18-11-4-1-3-10-6-7-12(19-16(10)11)17(23)20-13(9-15(21)22)14-5-2-8-24-14/h1-8,13H,9H2,(H,20,23)(H,21,22)/t13-/m1/s1. The Morgan fingerprint density at radius 1 is 1.21 bits per heavy atom. The molecular weight excluding hydrogens is 315 g/mol. The van der Waals surface area contributed by atoms with Gasteiger partial charge in [0.1, 0.15) is 22.8 Å². The average Bonchev–Trinajstić information content (AvgIpc) is 3.08. The number of carbonyl (C=O) groups is 2. The van der Waals surface area contributed by atoms with Gasteiger partial charge in [0.25, 0.3) is 5.91 Å². The van der Waals surface area contributed by atoms with Gasteiger partial charge in [-0.3, -0.25) is 9.59 Å². The Balaban J connectivity index is 1.87. The molecule has 0 saturated carbocycles. The summed E-state index contributed by atoms with van der Waals surface area (Å²) in [7, 11) is 0. The highest BCUT2D eigenvalue weighted by Crippen LogP contribution is 2.19. The molecule has 2 heterocycles.